The average molecular weight is 289 g/mol. The number of nitrogens with zero attached hydrogens (tertiary/aromatic N) is 1. The van der Waals surface area contributed by atoms with Crippen LogP contribution in [0.25, 0.3) is 0 Å². The summed E-state index contributed by atoms with van der Waals surface area (Å²) in [6, 6.07) is 3.65. The minimum Gasteiger partial charge on any atom is -0.396 e. The molecule has 0 bridgehead atoms. The van der Waals surface area contributed by atoms with Gasteiger partial charge >= 0.3 is 6.18 Å². The molecule has 0 heterocycles. The van der Waals surface area contributed by atoms with Crippen LogP contribution in [0.1, 0.15) is 36.2 Å². The van der Waals surface area contributed by atoms with Crippen LogP contribution in [0.15, 0.2) is 18.2 Å². The van der Waals surface area contributed by atoms with E-state index in [9.17, 15) is 18.0 Å². The Morgan fingerprint density at radius 2 is 2.00 bits per heavy atom. The van der Waals surface area contributed by atoms with E-state index in [1.54, 1.807) is 4.90 Å². The highest BCUT2D eigenvalue weighted by Crippen LogP contribution is 2.34. The SMILES string of the molecule is CC(C)N(CCCO)c1ccc(C=O)c(C(F)(F)F)c1. The molecule has 0 radical (unpaired) electrons. The van der Waals surface area contributed by atoms with Crippen molar-refractivity contribution in [2.24, 2.45) is 0 Å². The fourth-order valence-electron chi connectivity index (χ4n) is 2.00. The molecule has 0 atom stereocenters. The number of hydrogen-bond acceptors (Lipinski definition) is 3. The van der Waals surface area contributed by atoms with Crippen LogP contribution in [0.2, 0.25) is 0 Å². The molecule has 0 aliphatic carbocycles. The average Bonchev–Trinajstić information content (AvgIpc) is 2.37. The second kappa shape index (κ2) is 6.74. The lowest BCUT2D eigenvalue weighted by Gasteiger charge is -2.29. The fraction of sp³-hybridized carbons (Fsp3) is 0.500. The zero-order valence-corrected chi connectivity index (χ0v) is 11.4. The summed E-state index contributed by atoms with van der Waals surface area (Å²) in [6.07, 6.45) is -3.89. The Bertz CT molecular complexity index is 458. The molecule has 1 rings (SSSR count). The second-order valence-corrected chi connectivity index (χ2v) is 4.75. The van der Waals surface area contributed by atoms with Gasteiger partial charge in [-0.05, 0) is 38.5 Å². The van der Waals surface area contributed by atoms with Crippen molar-refractivity contribution >= 4 is 12.0 Å². The third-order valence-electron chi connectivity index (χ3n) is 2.98. The van der Waals surface area contributed by atoms with Crippen molar-refractivity contribution in [1.29, 1.82) is 0 Å². The van der Waals surface area contributed by atoms with Gasteiger partial charge in [-0.25, -0.2) is 0 Å². The number of benzene rings is 1. The number of aliphatic hydroxyl groups is 1. The van der Waals surface area contributed by atoms with E-state index in [2.05, 4.69) is 0 Å². The molecular formula is C14H18F3NO2. The highest BCUT2D eigenvalue weighted by molar-refractivity contribution is 5.79. The maximum atomic E-state index is 12.9. The summed E-state index contributed by atoms with van der Waals surface area (Å²) in [5, 5.41) is 8.86. The quantitative estimate of drug-likeness (QED) is 0.818. The van der Waals surface area contributed by atoms with Crippen LogP contribution in [0, 0.1) is 0 Å². The van der Waals surface area contributed by atoms with Crippen molar-refractivity contribution in [3.05, 3.63) is 29.3 Å². The molecule has 0 saturated heterocycles. The van der Waals surface area contributed by atoms with Crippen LogP contribution < -0.4 is 4.90 Å². The summed E-state index contributed by atoms with van der Waals surface area (Å²) >= 11 is 0. The number of carbonyl (C=O) groups is 1. The highest BCUT2D eigenvalue weighted by atomic mass is 19.4. The van der Waals surface area contributed by atoms with Gasteiger partial charge in [0.1, 0.15) is 0 Å². The lowest BCUT2D eigenvalue weighted by molar-refractivity contribution is -0.137. The molecule has 3 nitrogen and oxygen atoms in total. The van der Waals surface area contributed by atoms with Crippen LogP contribution >= 0.6 is 0 Å². The van der Waals surface area contributed by atoms with Crippen LogP contribution in [0.5, 0.6) is 0 Å². The van der Waals surface area contributed by atoms with E-state index < -0.39 is 11.7 Å². The molecule has 1 aromatic carbocycles. The van der Waals surface area contributed by atoms with Gasteiger partial charge < -0.3 is 10.0 Å². The minimum atomic E-state index is -4.56. The van der Waals surface area contributed by atoms with E-state index in [1.165, 1.54) is 12.1 Å². The molecule has 0 amide bonds. The summed E-state index contributed by atoms with van der Waals surface area (Å²) in [5.74, 6) is 0. The number of carbonyl (C=O) groups excluding carboxylic acids is 1. The van der Waals surface area contributed by atoms with Gasteiger partial charge in [0.2, 0.25) is 0 Å². The number of halogens is 3. The molecule has 20 heavy (non-hydrogen) atoms. The van der Waals surface area contributed by atoms with E-state index in [-0.39, 0.29) is 24.5 Å². The summed E-state index contributed by atoms with van der Waals surface area (Å²) in [5.41, 5.74) is -0.905. The Morgan fingerprint density at radius 3 is 2.45 bits per heavy atom. The molecule has 1 aromatic rings. The van der Waals surface area contributed by atoms with Gasteiger partial charge in [0.25, 0.3) is 0 Å². The molecule has 0 aliphatic rings. The molecular weight excluding hydrogens is 271 g/mol. The Hall–Kier alpha value is -1.56. The van der Waals surface area contributed by atoms with E-state index >= 15 is 0 Å². The van der Waals surface area contributed by atoms with Gasteiger partial charge in [0.05, 0.1) is 5.56 Å². The number of aldehydes is 1. The predicted molar refractivity (Wildman–Crippen MR) is 71.0 cm³/mol. The van der Waals surface area contributed by atoms with Gasteiger partial charge in [-0.15, -0.1) is 0 Å². The van der Waals surface area contributed by atoms with Gasteiger partial charge in [-0.3, -0.25) is 4.79 Å². The Morgan fingerprint density at radius 1 is 1.35 bits per heavy atom. The fourth-order valence-corrected chi connectivity index (χ4v) is 2.00. The first-order valence-electron chi connectivity index (χ1n) is 6.35. The Kier molecular flexibility index (Phi) is 5.56. The number of rotatable bonds is 6. The van der Waals surface area contributed by atoms with Gasteiger partial charge in [-0.1, -0.05) is 0 Å². The topological polar surface area (TPSA) is 40.5 Å². The summed E-state index contributed by atoms with van der Waals surface area (Å²) in [4.78, 5) is 12.5. The van der Waals surface area contributed by atoms with Gasteiger partial charge in [0.15, 0.2) is 6.29 Å². The number of anilines is 1. The van der Waals surface area contributed by atoms with E-state index in [0.717, 1.165) is 6.07 Å². The molecule has 0 fully saturated rings. The van der Waals surface area contributed by atoms with Crippen LogP contribution in [0.3, 0.4) is 0 Å². The third kappa shape index (κ3) is 3.96. The lowest BCUT2D eigenvalue weighted by atomic mass is 10.1. The number of alkyl halides is 3. The van der Waals surface area contributed by atoms with Crippen molar-refractivity contribution in [3.8, 4) is 0 Å². The van der Waals surface area contributed by atoms with Crippen LogP contribution in [0.4, 0.5) is 18.9 Å². The standard InChI is InChI=1S/C14H18F3NO2/c1-10(2)18(6-3-7-19)12-5-4-11(9-20)13(8-12)14(15,16)17/h4-5,8-10,19H,3,6-7H2,1-2H3. The molecule has 6 heteroatoms. The molecule has 0 unspecified atom stereocenters. The van der Waals surface area contributed by atoms with E-state index in [1.807, 2.05) is 13.8 Å². The smallest absolute Gasteiger partial charge is 0.396 e. The van der Waals surface area contributed by atoms with Gasteiger partial charge in [-0.2, -0.15) is 13.2 Å². The van der Waals surface area contributed by atoms with Crippen molar-refractivity contribution in [2.75, 3.05) is 18.1 Å². The van der Waals surface area contributed by atoms with Crippen molar-refractivity contribution in [1.82, 2.24) is 0 Å². The number of aliphatic hydroxyl groups excluding tert-OH is 1. The zero-order valence-electron chi connectivity index (χ0n) is 11.4. The molecule has 0 saturated carbocycles. The minimum absolute atomic E-state index is 0.00952. The monoisotopic (exact) mass is 289 g/mol. The van der Waals surface area contributed by atoms with Crippen molar-refractivity contribution < 1.29 is 23.1 Å². The Labute approximate surface area is 116 Å². The summed E-state index contributed by atoms with van der Waals surface area (Å²) in [7, 11) is 0. The third-order valence-corrected chi connectivity index (χ3v) is 2.98. The summed E-state index contributed by atoms with van der Waals surface area (Å²) in [6.45, 7) is 4.14. The van der Waals surface area contributed by atoms with E-state index in [4.69, 9.17) is 5.11 Å². The lowest BCUT2D eigenvalue weighted by Crippen LogP contribution is -2.32. The normalized spacial score (nSPS) is 11.8. The maximum absolute atomic E-state index is 12.9. The predicted octanol–water partition coefficient (Wildman–Crippen LogP) is 3.12. The van der Waals surface area contributed by atoms with Crippen molar-refractivity contribution in [2.45, 2.75) is 32.5 Å². The molecule has 0 aromatic heterocycles. The molecule has 0 spiro atoms. The van der Waals surface area contributed by atoms with Crippen LogP contribution in [-0.4, -0.2) is 30.6 Å². The zero-order chi connectivity index (χ0) is 15.3. The first kappa shape index (κ1) is 16.5. The summed E-state index contributed by atoms with van der Waals surface area (Å²) < 4.78 is 38.7. The molecule has 0 aliphatic heterocycles. The van der Waals surface area contributed by atoms with Crippen molar-refractivity contribution in [3.63, 3.8) is 0 Å². The second-order valence-electron chi connectivity index (χ2n) is 4.75. The van der Waals surface area contributed by atoms with Gasteiger partial charge in [0, 0.05) is 30.4 Å². The molecule has 112 valence electrons. The Balaban J connectivity index is 3.20. The number of hydrogen-bond donors (Lipinski definition) is 1. The first-order chi connectivity index (χ1) is 9.31. The highest BCUT2D eigenvalue weighted by Gasteiger charge is 2.34. The van der Waals surface area contributed by atoms with E-state index in [0.29, 0.717) is 18.7 Å². The largest absolute Gasteiger partial charge is 0.417 e. The maximum Gasteiger partial charge on any atom is 0.417 e. The van der Waals surface area contributed by atoms with Crippen LogP contribution in [-0.2, 0) is 6.18 Å². The molecule has 1 N–H and O–H groups in total. The first-order valence-corrected chi connectivity index (χ1v) is 6.35.